The molecule has 0 amide bonds. The molecule has 0 radical (unpaired) electrons. The number of benzene rings is 1. The summed E-state index contributed by atoms with van der Waals surface area (Å²) < 4.78 is 0. The zero-order valence-electron chi connectivity index (χ0n) is 7.44. The second-order valence-electron chi connectivity index (χ2n) is 4.02. The molecule has 1 saturated carbocycles. The van der Waals surface area contributed by atoms with Gasteiger partial charge in [0.25, 0.3) is 0 Å². The van der Waals surface area contributed by atoms with Crippen LogP contribution in [0.3, 0.4) is 0 Å². The van der Waals surface area contributed by atoms with Gasteiger partial charge in [-0.3, -0.25) is 0 Å². The summed E-state index contributed by atoms with van der Waals surface area (Å²) in [7, 11) is 0. The summed E-state index contributed by atoms with van der Waals surface area (Å²) in [5.74, 6) is 0. The molecule has 2 aliphatic rings. The van der Waals surface area contributed by atoms with Crippen LogP contribution >= 0.6 is 11.6 Å². The average Bonchev–Trinajstić information content (AvgIpc) is 2.89. The normalized spacial score (nSPS) is 22.8. The number of halogens is 1. The molecule has 1 aromatic rings. The smallest absolute Gasteiger partial charge is 0.0441 e. The molecule has 2 heteroatoms. The number of fused-ring (bicyclic) bond motifs is 2. The van der Waals surface area contributed by atoms with Gasteiger partial charge in [0.05, 0.1) is 0 Å². The highest BCUT2D eigenvalue weighted by molar-refractivity contribution is 6.31. The predicted molar refractivity (Wildman–Crippen MR) is 54.1 cm³/mol. The number of rotatable bonds is 0. The lowest BCUT2D eigenvalue weighted by Crippen LogP contribution is -2.36. The van der Waals surface area contributed by atoms with Gasteiger partial charge in [-0.2, -0.15) is 0 Å². The first-order valence-electron chi connectivity index (χ1n) is 4.85. The molecule has 0 atom stereocenters. The van der Waals surface area contributed by atoms with Crippen LogP contribution in [0.5, 0.6) is 0 Å². The van der Waals surface area contributed by atoms with E-state index < -0.39 is 0 Å². The molecular formula is C11H12ClN. The molecule has 1 nitrogen and oxygen atoms in total. The second kappa shape index (κ2) is 2.49. The van der Waals surface area contributed by atoms with Crippen LogP contribution in [0.15, 0.2) is 18.2 Å². The Kier molecular flexibility index (Phi) is 1.50. The molecule has 0 unspecified atom stereocenters. The second-order valence-corrected chi connectivity index (χ2v) is 4.43. The summed E-state index contributed by atoms with van der Waals surface area (Å²) in [5, 5.41) is 4.54. The first kappa shape index (κ1) is 7.84. The average molecular weight is 194 g/mol. The Hall–Kier alpha value is -0.530. The molecule has 1 fully saturated rings. The Morgan fingerprint density at radius 1 is 1.31 bits per heavy atom. The van der Waals surface area contributed by atoms with E-state index in [4.69, 9.17) is 11.6 Å². The highest BCUT2D eigenvalue weighted by Crippen LogP contribution is 2.49. The monoisotopic (exact) mass is 193 g/mol. The Morgan fingerprint density at radius 2 is 2.15 bits per heavy atom. The minimum absolute atomic E-state index is 0.318. The Morgan fingerprint density at radius 3 is 2.92 bits per heavy atom. The molecular weight excluding hydrogens is 182 g/mol. The van der Waals surface area contributed by atoms with Crippen molar-refractivity contribution in [2.45, 2.75) is 24.8 Å². The van der Waals surface area contributed by atoms with E-state index in [-0.39, 0.29) is 0 Å². The van der Waals surface area contributed by atoms with Crippen LogP contribution in [0.2, 0.25) is 5.02 Å². The van der Waals surface area contributed by atoms with E-state index in [9.17, 15) is 0 Å². The topological polar surface area (TPSA) is 12.0 Å². The van der Waals surface area contributed by atoms with Gasteiger partial charge in [-0.15, -0.1) is 0 Å². The lowest BCUT2D eigenvalue weighted by molar-refractivity contribution is 0.490. The predicted octanol–water partition coefficient (Wildman–Crippen LogP) is 2.47. The maximum Gasteiger partial charge on any atom is 0.0441 e. The number of nitrogens with one attached hydrogen (secondary N) is 1. The molecule has 1 heterocycles. The van der Waals surface area contributed by atoms with Gasteiger partial charge in [-0.1, -0.05) is 23.7 Å². The van der Waals surface area contributed by atoms with Gasteiger partial charge in [-0.05, 0) is 36.5 Å². The van der Waals surface area contributed by atoms with E-state index in [1.54, 1.807) is 0 Å². The van der Waals surface area contributed by atoms with Gasteiger partial charge in [0.15, 0.2) is 0 Å². The van der Waals surface area contributed by atoms with Crippen molar-refractivity contribution in [2.24, 2.45) is 0 Å². The quantitative estimate of drug-likeness (QED) is 0.668. The van der Waals surface area contributed by atoms with Crippen LogP contribution in [0, 0.1) is 0 Å². The van der Waals surface area contributed by atoms with Crippen molar-refractivity contribution in [1.82, 2.24) is 5.32 Å². The van der Waals surface area contributed by atoms with E-state index in [2.05, 4.69) is 17.4 Å². The molecule has 1 N–H and O–H groups in total. The lowest BCUT2D eigenvalue weighted by Gasteiger charge is -2.27. The molecule has 0 aromatic heterocycles. The van der Waals surface area contributed by atoms with Gasteiger partial charge in [-0.25, -0.2) is 0 Å². The minimum Gasteiger partial charge on any atom is -0.307 e. The maximum atomic E-state index is 6.17. The van der Waals surface area contributed by atoms with E-state index in [1.807, 2.05) is 6.07 Å². The molecule has 1 aromatic carbocycles. The first-order valence-corrected chi connectivity index (χ1v) is 5.23. The molecule has 1 spiro atoms. The van der Waals surface area contributed by atoms with Crippen molar-refractivity contribution in [3.63, 3.8) is 0 Å². The van der Waals surface area contributed by atoms with Crippen LogP contribution in [-0.2, 0) is 12.0 Å². The zero-order chi connectivity index (χ0) is 8.89. The fraction of sp³-hybridized carbons (Fsp3) is 0.455. The highest BCUT2D eigenvalue weighted by atomic mass is 35.5. The van der Waals surface area contributed by atoms with Gasteiger partial charge in [0.1, 0.15) is 0 Å². The molecule has 13 heavy (non-hydrogen) atoms. The Bertz CT molecular complexity index is 355. The largest absolute Gasteiger partial charge is 0.307 e. The van der Waals surface area contributed by atoms with Crippen molar-refractivity contribution in [3.05, 3.63) is 34.3 Å². The van der Waals surface area contributed by atoms with Crippen molar-refractivity contribution in [2.75, 3.05) is 6.54 Å². The maximum absolute atomic E-state index is 6.17. The summed E-state index contributed by atoms with van der Waals surface area (Å²) in [6, 6.07) is 6.29. The molecule has 0 saturated heterocycles. The van der Waals surface area contributed by atoms with Crippen molar-refractivity contribution >= 4 is 11.6 Å². The molecule has 1 aliphatic carbocycles. The van der Waals surface area contributed by atoms with Gasteiger partial charge in [0, 0.05) is 17.1 Å². The van der Waals surface area contributed by atoms with Gasteiger partial charge in [0.2, 0.25) is 0 Å². The molecule has 68 valence electrons. The number of hydrogen-bond donors (Lipinski definition) is 1. The van der Waals surface area contributed by atoms with Crippen molar-refractivity contribution in [3.8, 4) is 0 Å². The molecule has 0 bridgehead atoms. The van der Waals surface area contributed by atoms with E-state index in [0.29, 0.717) is 5.54 Å². The number of hydrogen-bond acceptors (Lipinski definition) is 1. The summed E-state index contributed by atoms with van der Waals surface area (Å²) >= 11 is 6.17. The van der Waals surface area contributed by atoms with E-state index in [1.165, 1.54) is 24.0 Å². The highest BCUT2D eigenvalue weighted by Gasteiger charge is 2.46. The van der Waals surface area contributed by atoms with E-state index >= 15 is 0 Å². The Labute approximate surface area is 83.1 Å². The summed E-state index contributed by atoms with van der Waals surface area (Å²) in [6.45, 7) is 1.08. The fourth-order valence-electron chi connectivity index (χ4n) is 2.35. The third kappa shape index (κ3) is 1.04. The summed E-state index contributed by atoms with van der Waals surface area (Å²) in [4.78, 5) is 0. The van der Waals surface area contributed by atoms with Crippen LogP contribution < -0.4 is 5.32 Å². The van der Waals surface area contributed by atoms with Gasteiger partial charge < -0.3 is 5.32 Å². The van der Waals surface area contributed by atoms with Crippen molar-refractivity contribution in [1.29, 1.82) is 0 Å². The molecule has 1 aliphatic heterocycles. The third-order valence-electron chi connectivity index (χ3n) is 3.22. The summed E-state index contributed by atoms with van der Waals surface area (Å²) in [5.41, 5.74) is 3.14. The van der Waals surface area contributed by atoms with Gasteiger partial charge >= 0.3 is 0 Å². The molecule has 3 rings (SSSR count). The minimum atomic E-state index is 0.318. The standard InChI is InChI=1S/C11H12ClN/c12-10-3-1-2-9-8(10)4-7-13-11(9)5-6-11/h1-3,13H,4-7H2. The SMILES string of the molecule is Clc1cccc2c1CCNC21CC1. The van der Waals surface area contributed by atoms with E-state index in [0.717, 1.165) is 18.0 Å². The van der Waals surface area contributed by atoms with Crippen LogP contribution in [-0.4, -0.2) is 6.54 Å². The Balaban J connectivity index is 2.19. The third-order valence-corrected chi connectivity index (χ3v) is 3.58. The lowest BCUT2D eigenvalue weighted by atomic mass is 9.92. The van der Waals surface area contributed by atoms with Crippen molar-refractivity contribution < 1.29 is 0 Å². The van der Waals surface area contributed by atoms with Crippen LogP contribution in [0.4, 0.5) is 0 Å². The first-order chi connectivity index (χ1) is 6.32. The van der Waals surface area contributed by atoms with Crippen LogP contribution in [0.25, 0.3) is 0 Å². The summed E-state index contributed by atoms with van der Waals surface area (Å²) in [6.07, 6.45) is 3.64. The fourth-order valence-corrected chi connectivity index (χ4v) is 2.62. The van der Waals surface area contributed by atoms with Crippen LogP contribution in [0.1, 0.15) is 24.0 Å². The zero-order valence-corrected chi connectivity index (χ0v) is 8.19.